The van der Waals surface area contributed by atoms with Crippen molar-refractivity contribution < 1.29 is 9.53 Å². The van der Waals surface area contributed by atoms with Crippen LogP contribution in [-0.4, -0.2) is 19.0 Å². The third-order valence-electron chi connectivity index (χ3n) is 3.34. The Labute approximate surface area is 87.0 Å². The van der Waals surface area contributed by atoms with Crippen LogP contribution >= 0.6 is 0 Å². The van der Waals surface area contributed by atoms with Gasteiger partial charge in [0.2, 0.25) is 0 Å². The molecule has 0 aliphatic heterocycles. The summed E-state index contributed by atoms with van der Waals surface area (Å²) in [7, 11) is 1.61. The lowest BCUT2D eigenvalue weighted by molar-refractivity contribution is -0.133. The summed E-state index contributed by atoms with van der Waals surface area (Å²) in [4.78, 5) is 11.9. The molecule has 0 radical (unpaired) electrons. The average molecular weight is 198 g/mol. The summed E-state index contributed by atoms with van der Waals surface area (Å²) >= 11 is 0. The van der Waals surface area contributed by atoms with Gasteiger partial charge in [0.25, 0.3) is 0 Å². The zero-order valence-corrected chi connectivity index (χ0v) is 9.75. The van der Waals surface area contributed by atoms with Gasteiger partial charge in [-0.3, -0.25) is 4.79 Å². The van der Waals surface area contributed by atoms with Gasteiger partial charge in [0.05, 0.1) is 0 Å². The van der Waals surface area contributed by atoms with E-state index < -0.39 is 0 Å². The van der Waals surface area contributed by atoms with E-state index in [0.717, 1.165) is 12.8 Å². The van der Waals surface area contributed by atoms with Gasteiger partial charge in [0.1, 0.15) is 6.10 Å². The maximum absolute atomic E-state index is 11.9. The number of hydrogen-bond acceptors (Lipinski definition) is 2. The smallest absolute Gasteiger partial charge is 0.164 e. The number of Topliss-reactive ketones (excluding diaryl/α,β-unsaturated/α-hetero) is 1. The second-order valence-corrected chi connectivity index (χ2v) is 4.89. The molecule has 0 amide bonds. The quantitative estimate of drug-likeness (QED) is 0.697. The highest BCUT2D eigenvalue weighted by Gasteiger charge is 2.31. The lowest BCUT2D eigenvalue weighted by Gasteiger charge is -2.31. The first-order valence-corrected chi connectivity index (χ1v) is 5.61. The van der Waals surface area contributed by atoms with Crippen LogP contribution in [-0.2, 0) is 9.53 Å². The highest BCUT2D eigenvalue weighted by molar-refractivity contribution is 5.85. The summed E-state index contributed by atoms with van der Waals surface area (Å²) in [6.45, 7) is 6.34. The fourth-order valence-electron chi connectivity index (χ4n) is 2.63. The minimum atomic E-state index is -0.225. The largest absolute Gasteiger partial charge is 0.374 e. The van der Waals surface area contributed by atoms with Crippen LogP contribution in [0, 0.1) is 17.8 Å². The van der Waals surface area contributed by atoms with E-state index in [4.69, 9.17) is 4.74 Å². The van der Waals surface area contributed by atoms with Crippen LogP contribution < -0.4 is 0 Å². The summed E-state index contributed by atoms with van der Waals surface area (Å²) in [5.41, 5.74) is 0. The predicted octanol–water partition coefficient (Wildman–Crippen LogP) is 2.66. The average Bonchev–Trinajstić information content (AvgIpc) is 2.14. The molecular formula is C12H22O2. The third kappa shape index (κ3) is 2.81. The Hall–Kier alpha value is -0.370. The molecule has 1 aliphatic carbocycles. The lowest BCUT2D eigenvalue weighted by Crippen LogP contribution is -2.32. The van der Waals surface area contributed by atoms with Gasteiger partial charge >= 0.3 is 0 Å². The van der Waals surface area contributed by atoms with Gasteiger partial charge in [-0.25, -0.2) is 0 Å². The van der Waals surface area contributed by atoms with E-state index in [-0.39, 0.29) is 12.0 Å². The first kappa shape index (κ1) is 11.7. The third-order valence-corrected chi connectivity index (χ3v) is 3.34. The summed E-state index contributed by atoms with van der Waals surface area (Å²) in [6.07, 6.45) is 3.15. The van der Waals surface area contributed by atoms with Crippen molar-refractivity contribution in [3.05, 3.63) is 0 Å². The molecule has 1 fully saturated rings. The van der Waals surface area contributed by atoms with E-state index in [0.29, 0.717) is 17.6 Å². The molecule has 2 nitrogen and oxygen atoms in total. The van der Waals surface area contributed by atoms with Crippen LogP contribution in [0.2, 0.25) is 0 Å². The molecule has 1 rings (SSSR count). The molecule has 3 unspecified atom stereocenters. The van der Waals surface area contributed by atoms with E-state index in [1.54, 1.807) is 7.11 Å². The molecule has 0 N–H and O–H groups in total. The van der Waals surface area contributed by atoms with Crippen molar-refractivity contribution in [1.82, 2.24) is 0 Å². The molecule has 1 saturated carbocycles. The van der Waals surface area contributed by atoms with Gasteiger partial charge in [0, 0.05) is 13.0 Å². The van der Waals surface area contributed by atoms with Crippen molar-refractivity contribution in [2.24, 2.45) is 17.8 Å². The molecular weight excluding hydrogens is 176 g/mol. The zero-order valence-electron chi connectivity index (χ0n) is 9.75. The number of methoxy groups -OCH3 is 1. The fraction of sp³-hybridized carbons (Fsp3) is 0.917. The molecule has 3 atom stereocenters. The van der Waals surface area contributed by atoms with Crippen LogP contribution in [0.1, 0.15) is 40.0 Å². The number of carbonyl (C=O) groups excluding carboxylic acids is 1. The fourth-order valence-corrected chi connectivity index (χ4v) is 2.63. The molecule has 0 aromatic rings. The van der Waals surface area contributed by atoms with Gasteiger partial charge < -0.3 is 4.74 Å². The van der Waals surface area contributed by atoms with Crippen molar-refractivity contribution in [3.8, 4) is 0 Å². The SMILES string of the molecule is COC(C)C(=O)C1CC(C)CC(C)C1. The standard InChI is InChI=1S/C12H22O2/c1-8-5-9(2)7-11(6-8)12(13)10(3)14-4/h8-11H,5-7H2,1-4H3. The van der Waals surface area contributed by atoms with E-state index in [9.17, 15) is 4.79 Å². The monoisotopic (exact) mass is 198 g/mol. The van der Waals surface area contributed by atoms with Crippen molar-refractivity contribution in [3.63, 3.8) is 0 Å². The first-order valence-electron chi connectivity index (χ1n) is 5.61. The Morgan fingerprint density at radius 2 is 1.71 bits per heavy atom. The van der Waals surface area contributed by atoms with Crippen LogP contribution in [0.15, 0.2) is 0 Å². The van der Waals surface area contributed by atoms with E-state index in [2.05, 4.69) is 13.8 Å². The van der Waals surface area contributed by atoms with Crippen LogP contribution in [0.5, 0.6) is 0 Å². The van der Waals surface area contributed by atoms with Gasteiger partial charge in [-0.1, -0.05) is 13.8 Å². The van der Waals surface area contributed by atoms with E-state index in [1.165, 1.54) is 6.42 Å². The van der Waals surface area contributed by atoms with Gasteiger partial charge in [-0.2, -0.15) is 0 Å². The van der Waals surface area contributed by atoms with Crippen molar-refractivity contribution in [2.45, 2.75) is 46.1 Å². The van der Waals surface area contributed by atoms with Gasteiger partial charge in [-0.15, -0.1) is 0 Å². The van der Waals surface area contributed by atoms with Crippen LogP contribution in [0.4, 0.5) is 0 Å². The first-order chi connectivity index (χ1) is 6.54. The number of ether oxygens (including phenoxy) is 1. The predicted molar refractivity (Wildman–Crippen MR) is 57.1 cm³/mol. The second kappa shape index (κ2) is 4.92. The van der Waals surface area contributed by atoms with E-state index >= 15 is 0 Å². The zero-order chi connectivity index (χ0) is 10.7. The van der Waals surface area contributed by atoms with Gasteiger partial charge in [0.15, 0.2) is 5.78 Å². The molecule has 14 heavy (non-hydrogen) atoms. The Bertz CT molecular complexity index is 190. The maximum atomic E-state index is 11.9. The summed E-state index contributed by atoms with van der Waals surface area (Å²) in [6, 6.07) is 0. The molecule has 0 saturated heterocycles. The number of carbonyl (C=O) groups is 1. The minimum Gasteiger partial charge on any atom is -0.374 e. The van der Waals surface area contributed by atoms with Gasteiger partial charge in [-0.05, 0) is 38.0 Å². The van der Waals surface area contributed by atoms with Crippen molar-refractivity contribution >= 4 is 5.78 Å². The van der Waals surface area contributed by atoms with Crippen LogP contribution in [0.25, 0.3) is 0 Å². The molecule has 0 spiro atoms. The molecule has 1 aliphatic rings. The van der Waals surface area contributed by atoms with Crippen LogP contribution in [0.3, 0.4) is 0 Å². The Balaban J connectivity index is 2.54. The molecule has 0 aromatic heterocycles. The molecule has 0 aromatic carbocycles. The minimum absolute atomic E-state index is 0.225. The highest BCUT2D eigenvalue weighted by Crippen LogP contribution is 2.33. The summed E-state index contributed by atoms with van der Waals surface area (Å²) in [5.74, 6) is 1.92. The van der Waals surface area contributed by atoms with Crippen molar-refractivity contribution in [2.75, 3.05) is 7.11 Å². The lowest BCUT2D eigenvalue weighted by atomic mass is 9.74. The number of rotatable bonds is 3. The molecule has 2 heteroatoms. The Kier molecular flexibility index (Phi) is 4.11. The topological polar surface area (TPSA) is 26.3 Å². The summed E-state index contributed by atoms with van der Waals surface area (Å²) in [5, 5.41) is 0. The number of hydrogen-bond donors (Lipinski definition) is 0. The Morgan fingerprint density at radius 1 is 1.21 bits per heavy atom. The normalized spacial score (nSPS) is 35.3. The molecule has 82 valence electrons. The second-order valence-electron chi connectivity index (χ2n) is 4.89. The van der Waals surface area contributed by atoms with E-state index in [1.807, 2.05) is 6.92 Å². The summed E-state index contributed by atoms with van der Waals surface area (Å²) < 4.78 is 5.09. The Morgan fingerprint density at radius 3 is 2.14 bits per heavy atom. The number of ketones is 1. The molecule has 0 bridgehead atoms. The maximum Gasteiger partial charge on any atom is 0.164 e. The highest BCUT2D eigenvalue weighted by atomic mass is 16.5. The van der Waals surface area contributed by atoms with Crippen molar-refractivity contribution in [1.29, 1.82) is 0 Å². The molecule has 0 heterocycles.